The number of anilines is 1. The van der Waals surface area contributed by atoms with E-state index >= 15 is 0 Å². The van der Waals surface area contributed by atoms with Crippen LogP contribution < -0.4 is 5.32 Å². The zero-order valence-electron chi connectivity index (χ0n) is 15.2. The maximum absolute atomic E-state index is 12.5. The van der Waals surface area contributed by atoms with Crippen LogP contribution in [0.4, 0.5) is 5.82 Å². The number of hydrogen-bond acceptors (Lipinski definition) is 3. The van der Waals surface area contributed by atoms with Gasteiger partial charge in [-0.15, -0.1) is 0 Å². The van der Waals surface area contributed by atoms with E-state index in [9.17, 15) is 9.59 Å². The van der Waals surface area contributed by atoms with Crippen LogP contribution in [0.2, 0.25) is 0 Å². The molecule has 1 aromatic carbocycles. The van der Waals surface area contributed by atoms with Crippen LogP contribution in [0.25, 0.3) is 0 Å². The van der Waals surface area contributed by atoms with Gasteiger partial charge in [-0.3, -0.25) is 9.59 Å². The number of rotatable bonds is 6. The van der Waals surface area contributed by atoms with Gasteiger partial charge < -0.3 is 10.2 Å². The Morgan fingerprint density at radius 1 is 1.19 bits per heavy atom. The smallest absolute Gasteiger partial charge is 0.230 e. The SMILES string of the molecule is O=C(Nc1ccc(Br)cn1)C1CCCN(C(=O)CCCc2ccccc2)C1. The first kappa shape index (κ1) is 19.5. The van der Waals surface area contributed by atoms with Crippen molar-refractivity contribution < 1.29 is 9.59 Å². The Hall–Kier alpha value is -2.21. The second-order valence-electron chi connectivity index (χ2n) is 6.87. The molecule has 0 bridgehead atoms. The third-order valence-corrected chi connectivity index (χ3v) is 5.29. The molecule has 1 aliphatic heterocycles. The number of benzene rings is 1. The molecule has 2 amide bonds. The highest BCUT2D eigenvalue weighted by molar-refractivity contribution is 9.10. The quantitative estimate of drug-likeness (QED) is 0.753. The molecule has 2 aromatic rings. The maximum Gasteiger partial charge on any atom is 0.230 e. The zero-order valence-corrected chi connectivity index (χ0v) is 16.8. The van der Waals surface area contributed by atoms with E-state index in [-0.39, 0.29) is 17.7 Å². The Labute approximate surface area is 168 Å². The standard InChI is InChI=1S/C21H24BrN3O2/c22-18-11-12-19(23-14-18)24-21(27)17-9-5-13-25(15-17)20(26)10-4-8-16-6-2-1-3-7-16/h1-3,6-7,11-12,14,17H,4-5,8-10,13,15H2,(H,23,24,27). The van der Waals surface area contributed by atoms with Gasteiger partial charge in [-0.2, -0.15) is 0 Å². The normalized spacial score (nSPS) is 16.8. The first-order valence-corrected chi connectivity index (χ1v) is 10.2. The fraction of sp³-hybridized carbons (Fsp3) is 0.381. The van der Waals surface area contributed by atoms with Crippen LogP contribution in [0.1, 0.15) is 31.2 Å². The highest BCUT2D eigenvalue weighted by Gasteiger charge is 2.28. The summed E-state index contributed by atoms with van der Waals surface area (Å²) in [5.41, 5.74) is 1.25. The molecule has 6 heteroatoms. The van der Waals surface area contributed by atoms with Crippen molar-refractivity contribution in [2.24, 2.45) is 5.92 Å². The minimum Gasteiger partial charge on any atom is -0.342 e. The number of amides is 2. The van der Waals surface area contributed by atoms with Crippen LogP contribution in [0.5, 0.6) is 0 Å². The molecule has 5 nitrogen and oxygen atoms in total. The Kier molecular flexibility index (Phi) is 6.98. The van der Waals surface area contributed by atoms with Crippen molar-refractivity contribution in [3.8, 4) is 0 Å². The number of nitrogens with one attached hydrogen (secondary N) is 1. The van der Waals surface area contributed by atoms with Crippen molar-refractivity contribution in [3.63, 3.8) is 0 Å². The third kappa shape index (κ3) is 5.89. The second kappa shape index (κ2) is 9.65. The average Bonchev–Trinajstić information content (AvgIpc) is 2.70. The summed E-state index contributed by atoms with van der Waals surface area (Å²) in [4.78, 5) is 31.1. The Morgan fingerprint density at radius 3 is 2.74 bits per heavy atom. The number of carbonyl (C=O) groups excluding carboxylic acids is 2. The van der Waals surface area contributed by atoms with Crippen molar-refractivity contribution in [1.29, 1.82) is 0 Å². The van der Waals surface area contributed by atoms with E-state index in [1.807, 2.05) is 29.2 Å². The van der Waals surface area contributed by atoms with Crippen molar-refractivity contribution in [2.45, 2.75) is 32.1 Å². The maximum atomic E-state index is 12.5. The molecule has 0 aliphatic carbocycles. The van der Waals surface area contributed by atoms with Gasteiger partial charge >= 0.3 is 0 Å². The summed E-state index contributed by atoms with van der Waals surface area (Å²) in [5.74, 6) is 0.439. The summed E-state index contributed by atoms with van der Waals surface area (Å²) in [6, 6.07) is 13.8. The van der Waals surface area contributed by atoms with E-state index in [1.165, 1.54) is 5.56 Å². The summed E-state index contributed by atoms with van der Waals surface area (Å²) in [5, 5.41) is 2.85. The highest BCUT2D eigenvalue weighted by atomic mass is 79.9. The first-order valence-electron chi connectivity index (χ1n) is 9.36. The van der Waals surface area contributed by atoms with Crippen LogP contribution in [0, 0.1) is 5.92 Å². The monoisotopic (exact) mass is 429 g/mol. The molecular weight excluding hydrogens is 406 g/mol. The van der Waals surface area contributed by atoms with Gasteiger partial charge in [0.25, 0.3) is 0 Å². The number of hydrogen-bond donors (Lipinski definition) is 1. The van der Waals surface area contributed by atoms with Crippen molar-refractivity contribution in [3.05, 3.63) is 58.7 Å². The second-order valence-corrected chi connectivity index (χ2v) is 7.78. The number of aromatic nitrogens is 1. The number of aryl methyl sites for hydroxylation is 1. The topological polar surface area (TPSA) is 62.3 Å². The van der Waals surface area contributed by atoms with Crippen molar-refractivity contribution in [2.75, 3.05) is 18.4 Å². The average molecular weight is 430 g/mol. The van der Waals surface area contributed by atoms with Crippen LogP contribution in [-0.4, -0.2) is 34.8 Å². The molecular formula is C21H24BrN3O2. The van der Waals surface area contributed by atoms with E-state index in [2.05, 4.69) is 38.4 Å². The molecule has 3 rings (SSSR count). The van der Waals surface area contributed by atoms with E-state index in [4.69, 9.17) is 0 Å². The molecule has 27 heavy (non-hydrogen) atoms. The van der Waals surface area contributed by atoms with Gasteiger partial charge in [0.15, 0.2) is 0 Å². The summed E-state index contributed by atoms with van der Waals surface area (Å²) in [7, 11) is 0. The van der Waals surface area contributed by atoms with Crippen LogP contribution in [0.15, 0.2) is 53.1 Å². The number of carbonyl (C=O) groups is 2. The van der Waals surface area contributed by atoms with Crippen LogP contribution >= 0.6 is 15.9 Å². The van der Waals surface area contributed by atoms with Crippen LogP contribution in [-0.2, 0) is 16.0 Å². The van der Waals surface area contributed by atoms with Crippen LogP contribution in [0.3, 0.4) is 0 Å². The number of likely N-dealkylation sites (tertiary alicyclic amines) is 1. The molecule has 1 N–H and O–H groups in total. The number of piperidine rings is 1. The van der Waals surface area contributed by atoms with Gasteiger partial charge in [-0.1, -0.05) is 30.3 Å². The number of halogens is 1. The van der Waals surface area contributed by atoms with Gasteiger partial charge in [0.1, 0.15) is 5.82 Å². The molecule has 1 atom stereocenters. The molecule has 1 saturated heterocycles. The lowest BCUT2D eigenvalue weighted by molar-refractivity contribution is -0.134. The lowest BCUT2D eigenvalue weighted by atomic mass is 9.96. The predicted octanol–water partition coefficient (Wildman–Crippen LogP) is 4.04. The Bertz CT molecular complexity index is 765. The van der Waals surface area contributed by atoms with E-state index in [0.29, 0.717) is 18.8 Å². The minimum atomic E-state index is -0.178. The van der Waals surface area contributed by atoms with Gasteiger partial charge in [-0.05, 0) is 59.3 Å². The Morgan fingerprint density at radius 2 is 2.00 bits per heavy atom. The van der Waals surface area contributed by atoms with E-state index in [1.54, 1.807) is 12.3 Å². The minimum absolute atomic E-state index is 0.0633. The number of nitrogens with zero attached hydrogens (tertiary/aromatic N) is 2. The summed E-state index contributed by atoms with van der Waals surface area (Å²) in [6.07, 6.45) is 5.57. The van der Waals surface area contributed by atoms with Gasteiger partial charge in [0.05, 0.1) is 5.92 Å². The molecule has 1 aliphatic rings. The molecule has 1 aromatic heterocycles. The van der Waals surface area contributed by atoms with Crippen molar-refractivity contribution in [1.82, 2.24) is 9.88 Å². The first-order chi connectivity index (χ1) is 13.1. The van der Waals surface area contributed by atoms with Gasteiger partial charge in [0, 0.05) is 30.2 Å². The third-order valence-electron chi connectivity index (χ3n) is 4.82. The molecule has 1 unspecified atom stereocenters. The fourth-order valence-electron chi connectivity index (χ4n) is 3.34. The van der Waals surface area contributed by atoms with Gasteiger partial charge in [-0.25, -0.2) is 4.98 Å². The summed E-state index contributed by atoms with van der Waals surface area (Å²) >= 11 is 3.33. The molecule has 0 spiro atoms. The molecule has 2 heterocycles. The Balaban J connectivity index is 1.47. The number of pyridine rings is 1. The molecule has 0 radical (unpaired) electrons. The summed E-state index contributed by atoms with van der Waals surface area (Å²) in [6.45, 7) is 1.23. The predicted molar refractivity (Wildman–Crippen MR) is 109 cm³/mol. The lowest BCUT2D eigenvalue weighted by Gasteiger charge is -2.32. The van der Waals surface area contributed by atoms with E-state index < -0.39 is 0 Å². The van der Waals surface area contributed by atoms with Gasteiger partial charge in [0.2, 0.25) is 11.8 Å². The fourth-order valence-corrected chi connectivity index (χ4v) is 3.58. The zero-order chi connectivity index (χ0) is 19.1. The molecule has 142 valence electrons. The van der Waals surface area contributed by atoms with E-state index in [0.717, 1.165) is 36.7 Å². The lowest BCUT2D eigenvalue weighted by Crippen LogP contribution is -2.43. The largest absolute Gasteiger partial charge is 0.342 e. The molecule has 1 fully saturated rings. The van der Waals surface area contributed by atoms with Crippen molar-refractivity contribution >= 4 is 33.6 Å². The highest BCUT2D eigenvalue weighted by Crippen LogP contribution is 2.20. The molecule has 0 saturated carbocycles. The summed E-state index contributed by atoms with van der Waals surface area (Å²) < 4.78 is 0.866.